The second kappa shape index (κ2) is 5.89. The van der Waals surface area contributed by atoms with Crippen LogP contribution in [0.15, 0.2) is 23.3 Å². The minimum absolute atomic E-state index is 0.108. The van der Waals surface area contributed by atoms with Crippen molar-refractivity contribution in [2.75, 3.05) is 6.54 Å². The highest BCUT2D eigenvalue weighted by Gasteiger charge is 2.48. The molecule has 3 aliphatic rings. The van der Waals surface area contributed by atoms with E-state index in [1.165, 1.54) is 22.0 Å². The van der Waals surface area contributed by atoms with Gasteiger partial charge in [0.05, 0.1) is 0 Å². The predicted octanol–water partition coefficient (Wildman–Crippen LogP) is 2.20. The van der Waals surface area contributed by atoms with Crippen molar-refractivity contribution in [3.63, 3.8) is 0 Å². The fourth-order valence-corrected chi connectivity index (χ4v) is 5.00. The fourth-order valence-electron chi connectivity index (χ4n) is 5.00. The van der Waals surface area contributed by atoms with Gasteiger partial charge in [-0.05, 0) is 43.9 Å². The van der Waals surface area contributed by atoms with Crippen LogP contribution in [0.4, 0.5) is 0 Å². The zero-order chi connectivity index (χ0) is 19.4. The Morgan fingerprint density at radius 3 is 2.00 bits per heavy atom. The van der Waals surface area contributed by atoms with Crippen molar-refractivity contribution < 1.29 is 19.2 Å². The third kappa shape index (κ3) is 3.13. The average Bonchev–Trinajstić information content (AvgIpc) is 2.86. The Morgan fingerprint density at radius 1 is 0.923 bits per heavy atom. The number of nitrogens with zero attached hydrogens (tertiary/aromatic N) is 2. The normalized spacial score (nSPS) is 31.7. The number of hydrogen-bond donors (Lipinski definition) is 0. The molecule has 0 radical (unpaired) electrons. The highest BCUT2D eigenvalue weighted by molar-refractivity contribution is 6.16. The topological polar surface area (TPSA) is 74.8 Å². The van der Waals surface area contributed by atoms with Crippen molar-refractivity contribution in [3.05, 3.63) is 23.3 Å². The zero-order valence-electron chi connectivity index (χ0n) is 16.1. The van der Waals surface area contributed by atoms with E-state index in [0.717, 1.165) is 12.8 Å². The molecule has 3 rings (SSSR count). The third-order valence-corrected chi connectivity index (χ3v) is 5.65. The van der Waals surface area contributed by atoms with E-state index in [1.54, 1.807) is 13.8 Å². The summed E-state index contributed by atoms with van der Waals surface area (Å²) < 4.78 is 0. The predicted molar refractivity (Wildman–Crippen MR) is 95.6 cm³/mol. The van der Waals surface area contributed by atoms with Crippen LogP contribution < -0.4 is 0 Å². The molecule has 1 aliphatic carbocycles. The lowest BCUT2D eigenvalue weighted by Crippen LogP contribution is -2.53. The summed E-state index contributed by atoms with van der Waals surface area (Å²) in [5.41, 5.74) is 0.454. The van der Waals surface area contributed by atoms with E-state index in [-0.39, 0.29) is 40.5 Å². The fraction of sp³-hybridized carbons (Fsp3) is 0.600. The van der Waals surface area contributed by atoms with Crippen LogP contribution >= 0.6 is 0 Å². The van der Waals surface area contributed by atoms with Gasteiger partial charge in [-0.2, -0.15) is 0 Å². The molecule has 0 N–H and O–H groups in total. The molecule has 26 heavy (non-hydrogen) atoms. The summed E-state index contributed by atoms with van der Waals surface area (Å²) in [5.74, 6) is -1.02. The summed E-state index contributed by atoms with van der Waals surface area (Å²) >= 11 is 0. The van der Waals surface area contributed by atoms with Crippen LogP contribution in [0.2, 0.25) is 0 Å². The molecule has 2 unspecified atom stereocenters. The lowest BCUT2D eigenvalue weighted by atomic mass is 9.62. The number of rotatable bonds is 3. The van der Waals surface area contributed by atoms with E-state index in [2.05, 4.69) is 13.8 Å². The minimum atomic E-state index is -0.354. The summed E-state index contributed by atoms with van der Waals surface area (Å²) in [6.07, 6.45) is 4.89. The van der Waals surface area contributed by atoms with Crippen LogP contribution in [0, 0.1) is 10.8 Å². The van der Waals surface area contributed by atoms with Gasteiger partial charge in [0, 0.05) is 35.9 Å². The van der Waals surface area contributed by atoms with Gasteiger partial charge in [-0.25, -0.2) is 0 Å². The second-order valence-electron chi connectivity index (χ2n) is 9.11. The first-order chi connectivity index (χ1) is 11.9. The smallest absolute Gasteiger partial charge is 0.256 e. The van der Waals surface area contributed by atoms with Gasteiger partial charge < -0.3 is 0 Å². The van der Waals surface area contributed by atoms with Crippen molar-refractivity contribution in [1.82, 2.24) is 9.80 Å². The molecule has 1 fully saturated rings. The Kier molecular flexibility index (Phi) is 4.20. The van der Waals surface area contributed by atoms with Gasteiger partial charge in [0.15, 0.2) is 0 Å². The monoisotopic (exact) mass is 358 g/mol. The van der Waals surface area contributed by atoms with Gasteiger partial charge in [-0.1, -0.05) is 20.8 Å². The van der Waals surface area contributed by atoms with Crippen LogP contribution in [-0.4, -0.2) is 46.0 Å². The van der Waals surface area contributed by atoms with Gasteiger partial charge in [-0.3, -0.25) is 29.0 Å². The Bertz CT molecular complexity index is 777. The van der Waals surface area contributed by atoms with Crippen molar-refractivity contribution >= 4 is 23.6 Å². The molecule has 4 amide bonds. The van der Waals surface area contributed by atoms with Crippen molar-refractivity contribution in [3.8, 4) is 0 Å². The van der Waals surface area contributed by atoms with Crippen LogP contribution in [0.3, 0.4) is 0 Å². The quantitative estimate of drug-likeness (QED) is 0.725. The van der Waals surface area contributed by atoms with Crippen LogP contribution in [-0.2, 0) is 19.2 Å². The first kappa shape index (κ1) is 18.5. The maximum atomic E-state index is 12.4. The third-order valence-electron chi connectivity index (χ3n) is 5.65. The van der Waals surface area contributed by atoms with Gasteiger partial charge in [0.25, 0.3) is 23.6 Å². The number of imide groups is 2. The van der Waals surface area contributed by atoms with E-state index < -0.39 is 0 Å². The molecule has 2 aliphatic heterocycles. The molecule has 6 nitrogen and oxygen atoms in total. The zero-order valence-corrected chi connectivity index (χ0v) is 16.1. The summed E-state index contributed by atoms with van der Waals surface area (Å²) in [6, 6.07) is -0.223. The van der Waals surface area contributed by atoms with Gasteiger partial charge in [0.2, 0.25) is 0 Å². The average molecular weight is 358 g/mol. The first-order valence-electron chi connectivity index (χ1n) is 9.02. The maximum absolute atomic E-state index is 12.4. The summed E-state index contributed by atoms with van der Waals surface area (Å²) in [5, 5.41) is 0. The molecular weight excluding hydrogens is 332 g/mol. The SMILES string of the molecule is CC1=CC(=O)N(CC2(C)CC(N3C(=O)C=C(C)C3=O)CC(C)(C)C2)C1=O. The Balaban J connectivity index is 1.84. The molecule has 0 aromatic heterocycles. The summed E-state index contributed by atoms with van der Waals surface area (Å²) in [6.45, 7) is 9.87. The lowest BCUT2D eigenvalue weighted by Gasteiger charge is -2.49. The van der Waals surface area contributed by atoms with Gasteiger partial charge in [-0.15, -0.1) is 0 Å². The molecule has 140 valence electrons. The minimum Gasteiger partial charge on any atom is -0.275 e. The standard InChI is InChI=1S/C20H26N2O4/c1-12-6-15(23)21(17(12)25)11-20(5)9-14(8-19(3,4)10-20)22-16(24)7-13(2)18(22)26/h6-7,14H,8-11H2,1-5H3. The van der Waals surface area contributed by atoms with E-state index >= 15 is 0 Å². The Hall–Kier alpha value is -2.24. The molecule has 0 aromatic rings. The molecule has 1 saturated carbocycles. The van der Waals surface area contributed by atoms with Gasteiger partial charge in [0.1, 0.15) is 0 Å². The van der Waals surface area contributed by atoms with Crippen molar-refractivity contribution in [2.24, 2.45) is 10.8 Å². The largest absolute Gasteiger partial charge is 0.275 e. The van der Waals surface area contributed by atoms with E-state index in [4.69, 9.17) is 0 Å². The van der Waals surface area contributed by atoms with E-state index in [1.807, 2.05) is 6.92 Å². The molecular formula is C20H26N2O4. The maximum Gasteiger partial charge on any atom is 0.256 e. The molecule has 0 saturated heterocycles. The highest BCUT2D eigenvalue weighted by Crippen LogP contribution is 2.48. The van der Waals surface area contributed by atoms with Crippen molar-refractivity contribution in [1.29, 1.82) is 0 Å². The molecule has 0 aromatic carbocycles. The van der Waals surface area contributed by atoms with Crippen molar-refractivity contribution in [2.45, 2.75) is 59.9 Å². The first-order valence-corrected chi connectivity index (χ1v) is 9.02. The second-order valence-corrected chi connectivity index (χ2v) is 9.11. The molecule has 0 spiro atoms. The number of carbonyl (C=O) groups excluding carboxylic acids is 4. The number of amides is 4. The number of hydrogen-bond acceptors (Lipinski definition) is 4. The molecule has 2 heterocycles. The van der Waals surface area contributed by atoms with Crippen LogP contribution in [0.25, 0.3) is 0 Å². The van der Waals surface area contributed by atoms with E-state index in [0.29, 0.717) is 24.1 Å². The number of carbonyl (C=O) groups is 4. The molecule has 0 bridgehead atoms. The lowest BCUT2D eigenvalue weighted by molar-refractivity contribution is -0.147. The summed E-state index contributed by atoms with van der Waals surface area (Å²) in [4.78, 5) is 51.9. The summed E-state index contributed by atoms with van der Waals surface area (Å²) in [7, 11) is 0. The van der Waals surface area contributed by atoms with Gasteiger partial charge >= 0.3 is 0 Å². The van der Waals surface area contributed by atoms with E-state index in [9.17, 15) is 19.2 Å². The van der Waals surface area contributed by atoms with Crippen LogP contribution in [0.5, 0.6) is 0 Å². The Labute approximate surface area is 153 Å². The van der Waals surface area contributed by atoms with Crippen LogP contribution in [0.1, 0.15) is 53.9 Å². The Morgan fingerprint density at radius 2 is 1.50 bits per heavy atom. The highest BCUT2D eigenvalue weighted by atomic mass is 16.2. The molecule has 6 heteroatoms. The molecule has 2 atom stereocenters.